The summed E-state index contributed by atoms with van der Waals surface area (Å²) < 4.78 is 71.0. The molecule has 0 bridgehead atoms. The maximum absolute atomic E-state index is 13.0. The summed E-state index contributed by atoms with van der Waals surface area (Å²) in [5.41, 5.74) is 1.16. The highest BCUT2D eigenvalue weighted by atomic mass is 32.2. The van der Waals surface area contributed by atoms with Gasteiger partial charge >= 0.3 is 6.18 Å². The number of alkyl halides is 3. The van der Waals surface area contributed by atoms with Crippen molar-refractivity contribution < 1.29 is 26.3 Å². The first-order valence-electron chi connectivity index (χ1n) is 8.95. The molecule has 0 atom stereocenters. The average Bonchev–Trinajstić information content (AvgIpc) is 2.67. The first-order valence-corrected chi connectivity index (χ1v) is 10.6. The van der Waals surface area contributed by atoms with Crippen LogP contribution in [0.4, 0.5) is 18.9 Å². The van der Waals surface area contributed by atoms with Crippen LogP contribution in [-0.4, -0.2) is 25.3 Å². The number of pyridine rings is 1. The molecule has 1 heterocycles. The maximum Gasteiger partial charge on any atom is 0.404 e. The molecule has 0 aliphatic rings. The number of halogens is 3. The Morgan fingerprint density at radius 2 is 1.63 bits per heavy atom. The summed E-state index contributed by atoms with van der Waals surface area (Å²) >= 11 is 0. The third-order valence-electron chi connectivity index (χ3n) is 4.09. The van der Waals surface area contributed by atoms with Crippen molar-refractivity contribution >= 4 is 15.7 Å². The molecular formula is C21H19F3N2O3S. The van der Waals surface area contributed by atoms with E-state index in [2.05, 4.69) is 4.98 Å². The van der Waals surface area contributed by atoms with Crippen molar-refractivity contribution in [3.63, 3.8) is 0 Å². The van der Waals surface area contributed by atoms with Gasteiger partial charge in [0.1, 0.15) is 5.75 Å². The Balaban J connectivity index is 2.05. The quantitative estimate of drug-likeness (QED) is 0.518. The van der Waals surface area contributed by atoms with Crippen LogP contribution in [0.2, 0.25) is 0 Å². The largest absolute Gasteiger partial charge is 0.455 e. The average molecular weight is 436 g/mol. The normalized spacial score (nSPS) is 11.9. The molecule has 0 fully saturated rings. The molecule has 0 saturated carbocycles. The molecule has 1 aromatic heterocycles. The van der Waals surface area contributed by atoms with E-state index in [9.17, 15) is 21.6 Å². The van der Waals surface area contributed by atoms with Crippen molar-refractivity contribution in [2.24, 2.45) is 0 Å². The van der Waals surface area contributed by atoms with Crippen LogP contribution >= 0.6 is 0 Å². The number of aryl methyl sites for hydroxylation is 1. The molecule has 0 aliphatic heterocycles. The lowest BCUT2D eigenvalue weighted by atomic mass is 10.2. The van der Waals surface area contributed by atoms with Gasteiger partial charge in [0.15, 0.2) is 11.5 Å². The Kier molecular flexibility index (Phi) is 6.31. The minimum absolute atomic E-state index is 0.00572. The number of rotatable bonds is 7. The van der Waals surface area contributed by atoms with E-state index in [0.29, 0.717) is 21.3 Å². The molecule has 3 rings (SSSR count). The number of ether oxygens (including phenoxy) is 1. The van der Waals surface area contributed by atoms with Crippen LogP contribution in [0.3, 0.4) is 0 Å². The van der Waals surface area contributed by atoms with Crippen molar-refractivity contribution in [1.29, 1.82) is 0 Å². The molecule has 0 spiro atoms. The second-order valence-corrected chi connectivity index (χ2v) is 8.46. The summed E-state index contributed by atoms with van der Waals surface area (Å²) in [6.45, 7) is 1.44. The van der Waals surface area contributed by atoms with Gasteiger partial charge in [0, 0.05) is 11.9 Å². The fraction of sp³-hybridized carbons (Fsp3) is 0.190. The van der Waals surface area contributed by atoms with Crippen LogP contribution < -0.4 is 9.04 Å². The van der Waals surface area contributed by atoms with E-state index in [0.717, 1.165) is 0 Å². The van der Waals surface area contributed by atoms with Gasteiger partial charge in [-0.15, -0.1) is 0 Å². The summed E-state index contributed by atoms with van der Waals surface area (Å²) in [5, 5.41) is 0. The highest BCUT2D eigenvalue weighted by molar-refractivity contribution is 7.92. The van der Waals surface area contributed by atoms with E-state index in [-0.39, 0.29) is 18.0 Å². The van der Waals surface area contributed by atoms with Crippen LogP contribution in [0.5, 0.6) is 11.5 Å². The smallest absolute Gasteiger partial charge is 0.404 e. The summed E-state index contributed by atoms with van der Waals surface area (Å²) in [5.74, 6) is -1.44. The standard InChI is InChI=1S/C21H19F3N2O3S/c1-16-11-12-17(13-25-16)14-26(30(27,28)15-21(22,23)24)19-9-5-6-10-20(19)29-18-7-3-2-4-8-18/h2-13H,14-15H2,1H3. The molecule has 0 unspecified atom stereocenters. The minimum atomic E-state index is -4.89. The Bertz CT molecular complexity index is 1090. The van der Waals surface area contributed by atoms with Crippen LogP contribution in [0.1, 0.15) is 11.3 Å². The highest BCUT2D eigenvalue weighted by Gasteiger charge is 2.39. The van der Waals surface area contributed by atoms with Gasteiger partial charge in [-0.1, -0.05) is 36.4 Å². The van der Waals surface area contributed by atoms with Crippen molar-refractivity contribution in [3.05, 3.63) is 84.2 Å². The predicted molar refractivity (Wildman–Crippen MR) is 108 cm³/mol. The monoisotopic (exact) mass is 436 g/mol. The molecule has 30 heavy (non-hydrogen) atoms. The lowest BCUT2D eigenvalue weighted by molar-refractivity contribution is -0.106. The van der Waals surface area contributed by atoms with Gasteiger partial charge in [-0.3, -0.25) is 9.29 Å². The third-order valence-corrected chi connectivity index (χ3v) is 5.78. The van der Waals surface area contributed by atoms with Crippen LogP contribution in [0.15, 0.2) is 72.9 Å². The molecule has 3 aromatic rings. The van der Waals surface area contributed by atoms with Gasteiger partial charge in [0.05, 0.1) is 12.2 Å². The molecule has 5 nitrogen and oxygen atoms in total. The van der Waals surface area contributed by atoms with Crippen LogP contribution in [-0.2, 0) is 16.6 Å². The van der Waals surface area contributed by atoms with Gasteiger partial charge < -0.3 is 4.74 Å². The lowest BCUT2D eigenvalue weighted by Gasteiger charge is -2.27. The van der Waals surface area contributed by atoms with E-state index >= 15 is 0 Å². The van der Waals surface area contributed by atoms with Crippen LogP contribution in [0, 0.1) is 6.92 Å². The fourth-order valence-corrected chi connectivity index (χ4v) is 4.11. The predicted octanol–water partition coefficient (Wildman–Crippen LogP) is 5.08. The van der Waals surface area contributed by atoms with Crippen molar-refractivity contribution in [2.45, 2.75) is 19.6 Å². The molecule has 0 amide bonds. The third kappa shape index (κ3) is 5.73. The molecule has 9 heteroatoms. The van der Waals surface area contributed by atoms with Gasteiger partial charge in [0.25, 0.3) is 0 Å². The molecule has 0 saturated heterocycles. The number of para-hydroxylation sites is 3. The van der Waals surface area contributed by atoms with Gasteiger partial charge in [-0.2, -0.15) is 13.2 Å². The number of sulfonamides is 1. The Morgan fingerprint density at radius 1 is 0.967 bits per heavy atom. The summed E-state index contributed by atoms with van der Waals surface area (Å²) in [6.07, 6.45) is -3.45. The Morgan fingerprint density at radius 3 is 2.27 bits per heavy atom. The first-order chi connectivity index (χ1) is 14.1. The fourth-order valence-electron chi connectivity index (χ4n) is 2.74. The number of hydrogen-bond acceptors (Lipinski definition) is 4. The number of aromatic nitrogens is 1. The SMILES string of the molecule is Cc1ccc(CN(c2ccccc2Oc2ccccc2)S(=O)(=O)CC(F)(F)F)cn1. The van der Waals surface area contributed by atoms with E-state index in [1.165, 1.54) is 24.4 Å². The van der Waals surface area contributed by atoms with Crippen molar-refractivity contribution in [2.75, 3.05) is 10.1 Å². The summed E-state index contributed by atoms with van der Waals surface area (Å²) in [4.78, 5) is 4.10. The zero-order chi connectivity index (χ0) is 21.8. The molecule has 0 aliphatic carbocycles. The molecule has 158 valence electrons. The van der Waals surface area contributed by atoms with E-state index in [4.69, 9.17) is 4.74 Å². The van der Waals surface area contributed by atoms with Crippen molar-refractivity contribution in [3.8, 4) is 11.5 Å². The Hall–Kier alpha value is -3.07. The Labute approximate surface area is 172 Å². The second-order valence-electron chi connectivity index (χ2n) is 6.57. The number of nitrogens with zero attached hydrogens (tertiary/aromatic N) is 2. The molecule has 0 radical (unpaired) electrons. The lowest BCUT2D eigenvalue weighted by Crippen LogP contribution is -2.37. The summed E-state index contributed by atoms with van der Waals surface area (Å²) in [7, 11) is -4.76. The number of anilines is 1. The zero-order valence-electron chi connectivity index (χ0n) is 16.0. The van der Waals surface area contributed by atoms with E-state index in [1.54, 1.807) is 55.5 Å². The molecular weight excluding hydrogens is 417 g/mol. The highest BCUT2D eigenvalue weighted by Crippen LogP contribution is 2.36. The van der Waals surface area contributed by atoms with Gasteiger partial charge in [-0.05, 0) is 42.8 Å². The molecule has 2 aromatic carbocycles. The zero-order valence-corrected chi connectivity index (χ0v) is 16.8. The van der Waals surface area contributed by atoms with E-state index < -0.39 is 22.0 Å². The number of benzene rings is 2. The maximum atomic E-state index is 13.0. The van der Waals surface area contributed by atoms with Gasteiger partial charge in [-0.25, -0.2) is 8.42 Å². The topological polar surface area (TPSA) is 59.5 Å². The molecule has 0 N–H and O–H groups in total. The first kappa shape index (κ1) is 21.6. The van der Waals surface area contributed by atoms with Gasteiger partial charge in [0.2, 0.25) is 10.0 Å². The van der Waals surface area contributed by atoms with E-state index in [1.807, 2.05) is 0 Å². The number of hydrogen-bond donors (Lipinski definition) is 0. The van der Waals surface area contributed by atoms with Crippen LogP contribution in [0.25, 0.3) is 0 Å². The minimum Gasteiger partial charge on any atom is -0.455 e. The summed E-state index contributed by atoms with van der Waals surface area (Å²) in [6, 6.07) is 17.9. The van der Waals surface area contributed by atoms with Crippen molar-refractivity contribution in [1.82, 2.24) is 4.98 Å². The second kappa shape index (κ2) is 8.74.